The van der Waals surface area contributed by atoms with Gasteiger partial charge in [0.05, 0.1) is 7.11 Å². The second-order valence-electron chi connectivity index (χ2n) is 8.34. The summed E-state index contributed by atoms with van der Waals surface area (Å²) >= 11 is 0. The highest BCUT2D eigenvalue weighted by atomic mass is 16.5. The molecule has 2 aromatic carbocycles. The summed E-state index contributed by atoms with van der Waals surface area (Å²) in [6.07, 6.45) is 2.64. The van der Waals surface area contributed by atoms with Crippen molar-refractivity contribution in [2.45, 2.75) is 37.4 Å². The lowest BCUT2D eigenvalue weighted by molar-refractivity contribution is -0.00870. The number of methoxy groups -OCH3 is 1. The lowest BCUT2D eigenvalue weighted by atomic mass is 9.75. The van der Waals surface area contributed by atoms with Crippen molar-refractivity contribution >= 4 is 0 Å². The first-order chi connectivity index (χ1) is 13.2. The lowest BCUT2D eigenvalue weighted by Gasteiger charge is -2.51. The molecule has 0 amide bonds. The number of benzene rings is 2. The molecule has 4 aliphatic rings. The molecular weight excluding hydrogens is 336 g/mol. The maximum absolute atomic E-state index is 10.0. The molecule has 1 N–H and O–H groups in total. The van der Waals surface area contributed by atoms with Gasteiger partial charge >= 0.3 is 0 Å². The van der Waals surface area contributed by atoms with Crippen molar-refractivity contribution in [2.24, 2.45) is 5.92 Å². The Morgan fingerprint density at radius 1 is 1.04 bits per heavy atom. The van der Waals surface area contributed by atoms with E-state index in [1.165, 1.54) is 37.1 Å². The van der Waals surface area contributed by atoms with Crippen LogP contribution < -0.4 is 4.74 Å². The molecule has 0 spiro atoms. The molecular formula is C23H28N2O2. The van der Waals surface area contributed by atoms with Gasteiger partial charge in [-0.1, -0.05) is 24.3 Å². The number of likely N-dealkylation sites (tertiary alicyclic amines) is 1. The van der Waals surface area contributed by atoms with Crippen LogP contribution in [0.15, 0.2) is 48.5 Å². The maximum Gasteiger partial charge on any atom is 0.119 e. The predicted molar refractivity (Wildman–Crippen MR) is 106 cm³/mol. The number of hydrogen-bond donors (Lipinski definition) is 1. The fraction of sp³-hybridized carbons (Fsp3) is 0.478. The Balaban J connectivity index is 1.47. The van der Waals surface area contributed by atoms with Gasteiger partial charge in [0.25, 0.3) is 0 Å². The number of nitrogens with zero attached hydrogens (tertiary/aromatic N) is 2. The average molecular weight is 364 g/mol. The molecule has 2 bridgehead atoms. The van der Waals surface area contributed by atoms with Crippen LogP contribution in [0.3, 0.4) is 0 Å². The van der Waals surface area contributed by atoms with Gasteiger partial charge in [-0.15, -0.1) is 0 Å². The van der Waals surface area contributed by atoms with Crippen LogP contribution in [0.4, 0.5) is 0 Å². The third-order valence-electron chi connectivity index (χ3n) is 6.91. The molecule has 4 saturated heterocycles. The highest BCUT2D eigenvalue weighted by Gasteiger charge is 2.53. The standard InChI is InChI=1S/C23H28N2O2/c1-27-20-7-2-4-16(12-20)14-25-15-21(18-5-3-6-19(26)13-18)23-22(25)17-8-10-24(23)11-9-17/h2-7,12-13,17,21-23,26H,8-11,14-15H2,1H3/t21-,22+,23+/m1/s1. The van der Waals surface area contributed by atoms with Crippen LogP contribution in [0.5, 0.6) is 11.5 Å². The molecule has 4 nitrogen and oxygen atoms in total. The molecule has 4 aliphatic heterocycles. The molecule has 0 saturated carbocycles. The number of phenols is 1. The number of piperidine rings is 3. The van der Waals surface area contributed by atoms with E-state index in [0.29, 0.717) is 23.8 Å². The van der Waals surface area contributed by atoms with Crippen LogP contribution in [0, 0.1) is 5.92 Å². The summed E-state index contributed by atoms with van der Waals surface area (Å²) < 4.78 is 5.42. The Kier molecular flexibility index (Phi) is 4.33. The highest BCUT2D eigenvalue weighted by molar-refractivity contribution is 5.34. The van der Waals surface area contributed by atoms with Crippen molar-refractivity contribution in [3.05, 3.63) is 59.7 Å². The van der Waals surface area contributed by atoms with Crippen molar-refractivity contribution in [1.82, 2.24) is 9.80 Å². The molecule has 0 radical (unpaired) electrons. The van der Waals surface area contributed by atoms with E-state index in [0.717, 1.165) is 24.8 Å². The first-order valence-corrected chi connectivity index (χ1v) is 10.1. The van der Waals surface area contributed by atoms with E-state index < -0.39 is 0 Å². The normalized spacial score (nSPS) is 32.4. The molecule has 6 rings (SSSR count). The Morgan fingerprint density at radius 3 is 2.63 bits per heavy atom. The number of ether oxygens (including phenoxy) is 1. The maximum atomic E-state index is 10.0. The third-order valence-corrected chi connectivity index (χ3v) is 6.91. The molecule has 4 heterocycles. The van der Waals surface area contributed by atoms with E-state index in [1.54, 1.807) is 13.2 Å². The van der Waals surface area contributed by atoms with Crippen LogP contribution in [0.2, 0.25) is 0 Å². The Labute approximate surface area is 161 Å². The third kappa shape index (κ3) is 3.01. The quantitative estimate of drug-likeness (QED) is 0.901. The van der Waals surface area contributed by atoms with Crippen LogP contribution in [0.25, 0.3) is 0 Å². The van der Waals surface area contributed by atoms with Crippen molar-refractivity contribution in [1.29, 1.82) is 0 Å². The molecule has 4 heteroatoms. The van der Waals surface area contributed by atoms with Crippen LogP contribution in [-0.2, 0) is 6.54 Å². The predicted octanol–water partition coefficient (Wildman–Crippen LogP) is 3.46. The van der Waals surface area contributed by atoms with E-state index >= 15 is 0 Å². The lowest BCUT2D eigenvalue weighted by Crippen LogP contribution is -2.59. The van der Waals surface area contributed by atoms with Gasteiger partial charge in [0.15, 0.2) is 0 Å². The summed E-state index contributed by atoms with van der Waals surface area (Å²) in [5.74, 6) is 2.58. The van der Waals surface area contributed by atoms with E-state index in [2.05, 4.69) is 34.1 Å². The topological polar surface area (TPSA) is 35.9 Å². The minimum Gasteiger partial charge on any atom is -0.508 e. The number of phenolic OH excluding ortho intramolecular Hbond substituents is 1. The summed E-state index contributed by atoms with van der Waals surface area (Å²) in [6, 6.07) is 17.6. The van der Waals surface area contributed by atoms with Crippen LogP contribution in [-0.4, -0.2) is 53.7 Å². The second kappa shape index (κ2) is 6.84. The summed E-state index contributed by atoms with van der Waals surface area (Å²) in [5, 5.41) is 10.0. The van der Waals surface area contributed by atoms with E-state index in [-0.39, 0.29) is 0 Å². The SMILES string of the molecule is COc1cccc(CN2C[C@H](c3cccc(O)c3)[C@H]3[C@@H]2C2CCN3CC2)c1. The van der Waals surface area contributed by atoms with Crippen molar-refractivity contribution in [2.75, 3.05) is 26.7 Å². The highest BCUT2D eigenvalue weighted by Crippen LogP contribution is 2.47. The summed E-state index contributed by atoms with van der Waals surface area (Å²) in [6.45, 7) is 4.49. The molecule has 0 aliphatic carbocycles. The van der Waals surface area contributed by atoms with Gasteiger partial charge < -0.3 is 9.84 Å². The zero-order valence-corrected chi connectivity index (χ0v) is 15.9. The minimum absolute atomic E-state index is 0.381. The number of hydrogen-bond acceptors (Lipinski definition) is 4. The van der Waals surface area contributed by atoms with E-state index in [4.69, 9.17) is 4.74 Å². The van der Waals surface area contributed by atoms with Crippen molar-refractivity contribution in [3.63, 3.8) is 0 Å². The molecule has 3 atom stereocenters. The number of rotatable bonds is 4. The zero-order chi connectivity index (χ0) is 18.4. The second-order valence-corrected chi connectivity index (χ2v) is 8.34. The molecule has 0 aromatic heterocycles. The van der Waals surface area contributed by atoms with Gasteiger partial charge in [0.1, 0.15) is 11.5 Å². The number of fused-ring (bicyclic) bond motifs is 2. The average Bonchev–Trinajstić information content (AvgIpc) is 3.11. The monoisotopic (exact) mass is 364 g/mol. The van der Waals surface area contributed by atoms with Gasteiger partial charge in [-0.3, -0.25) is 9.80 Å². The van der Waals surface area contributed by atoms with Crippen LogP contribution >= 0.6 is 0 Å². The first kappa shape index (κ1) is 17.1. The van der Waals surface area contributed by atoms with Gasteiger partial charge in [0.2, 0.25) is 0 Å². The molecule has 0 unspecified atom stereocenters. The Morgan fingerprint density at radius 2 is 1.85 bits per heavy atom. The number of aromatic hydroxyl groups is 1. The smallest absolute Gasteiger partial charge is 0.119 e. The largest absolute Gasteiger partial charge is 0.508 e. The molecule has 4 fully saturated rings. The fourth-order valence-electron chi connectivity index (χ4n) is 5.78. The van der Waals surface area contributed by atoms with Gasteiger partial charge in [0, 0.05) is 31.1 Å². The van der Waals surface area contributed by atoms with Crippen LogP contribution in [0.1, 0.15) is 29.9 Å². The van der Waals surface area contributed by atoms with E-state index in [1.807, 2.05) is 18.2 Å². The summed E-state index contributed by atoms with van der Waals surface area (Å²) in [5.41, 5.74) is 2.60. The van der Waals surface area contributed by atoms with Crippen molar-refractivity contribution in [3.8, 4) is 11.5 Å². The zero-order valence-electron chi connectivity index (χ0n) is 15.9. The Hall–Kier alpha value is -2.04. The Bertz CT molecular complexity index is 816. The fourth-order valence-corrected chi connectivity index (χ4v) is 5.78. The van der Waals surface area contributed by atoms with E-state index in [9.17, 15) is 5.11 Å². The molecule has 142 valence electrons. The van der Waals surface area contributed by atoms with Gasteiger partial charge in [-0.05, 0) is 67.2 Å². The molecule has 2 aromatic rings. The summed E-state index contributed by atoms with van der Waals surface area (Å²) in [4.78, 5) is 5.41. The van der Waals surface area contributed by atoms with Gasteiger partial charge in [-0.25, -0.2) is 0 Å². The van der Waals surface area contributed by atoms with Gasteiger partial charge in [-0.2, -0.15) is 0 Å². The first-order valence-electron chi connectivity index (χ1n) is 10.1. The summed E-state index contributed by atoms with van der Waals surface area (Å²) in [7, 11) is 1.73. The van der Waals surface area contributed by atoms with Crippen molar-refractivity contribution < 1.29 is 9.84 Å². The molecule has 27 heavy (non-hydrogen) atoms. The minimum atomic E-state index is 0.381.